The Balaban J connectivity index is 2.16. The number of carbonyl (C=O) groups excluding carboxylic acids is 1. The second kappa shape index (κ2) is 6.83. The van der Waals surface area contributed by atoms with Crippen molar-refractivity contribution < 1.29 is 4.79 Å². The molecule has 0 aliphatic rings. The highest BCUT2D eigenvalue weighted by atomic mass is 35.5. The van der Waals surface area contributed by atoms with Crippen LogP contribution >= 0.6 is 23.2 Å². The summed E-state index contributed by atoms with van der Waals surface area (Å²) in [4.78, 5) is 13.5. The Labute approximate surface area is 134 Å². The molecule has 0 aliphatic carbocycles. The van der Waals surface area contributed by atoms with Gasteiger partial charge in [0.15, 0.2) is 0 Å². The number of halogens is 2. The Bertz CT molecular complexity index is 656. The van der Waals surface area contributed by atoms with Crippen molar-refractivity contribution in [2.24, 2.45) is 0 Å². The minimum absolute atomic E-state index is 0.0579. The van der Waals surface area contributed by atoms with E-state index in [2.05, 4.69) is 5.32 Å². The number of benzene rings is 2. The lowest BCUT2D eigenvalue weighted by atomic mass is 10.1. The van der Waals surface area contributed by atoms with E-state index < -0.39 is 0 Å². The summed E-state index contributed by atoms with van der Waals surface area (Å²) in [5, 5.41) is 4.50. The number of anilines is 1. The van der Waals surface area contributed by atoms with Gasteiger partial charge in [-0.15, -0.1) is 0 Å². The van der Waals surface area contributed by atoms with Crippen LogP contribution in [0.4, 0.5) is 5.69 Å². The maximum Gasteiger partial charge on any atom is 0.253 e. The van der Waals surface area contributed by atoms with E-state index >= 15 is 0 Å². The number of nitrogens with one attached hydrogen (secondary N) is 1. The van der Waals surface area contributed by atoms with E-state index in [0.29, 0.717) is 22.2 Å². The molecule has 1 amide bonds. The normalized spacial score (nSPS) is 10.3. The Kier molecular flexibility index (Phi) is 5.10. The van der Waals surface area contributed by atoms with Crippen molar-refractivity contribution in [2.45, 2.75) is 6.54 Å². The predicted octanol–water partition coefficient (Wildman–Crippen LogP) is 4.31. The first-order valence-electron chi connectivity index (χ1n) is 6.47. The zero-order valence-corrected chi connectivity index (χ0v) is 13.4. The largest absolute Gasteiger partial charge is 0.380 e. The van der Waals surface area contributed by atoms with Crippen molar-refractivity contribution >= 4 is 34.8 Å². The van der Waals surface area contributed by atoms with Crippen molar-refractivity contribution in [1.82, 2.24) is 4.90 Å². The van der Waals surface area contributed by atoms with Crippen LogP contribution in [0.15, 0.2) is 42.5 Å². The molecular weight excluding hydrogens is 307 g/mol. The van der Waals surface area contributed by atoms with Gasteiger partial charge in [0.05, 0.1) is 10.7 Å². The average Bonchev–Trinajstić information content (AvgIpc) is 2.45. The van der Waals surface area contributed by atoms with Gasteiger partial charge in [-0.25, -0.2) is 0 Å². The Morgan fingerprint density at radius 1 is 1.14 bits per heavy atom. The Morgan fingerprint density at radius 3 is 2.57 bits per heavy atom. The Hall–Kier alpha value is -1.71. The summed E-state index contributed by atoms with van der Waals surface area (Å²) in [6, 6.07) is 12.8. The zero-order chi connectivity index (χ0) is 15.4. The van der Waals surface area contributed by atoms with E-state index in [4.69, 9.17) is 23.2 Å². The molecule has 2 aromatic rings. The van der Waals surface area contributed by atoms with E-state index in [1.165, 1.54) is 4.90 Å². The molecule has 0 aromatic heterocycles. The monoisotopic (exact) mass is 322 g/mol. The summed E-state index contributed by atoms with van der Waals surface area (Å²) in [6.07, 6.45) is 0. The molecule has 21 heavy (non-hydrogen) atoms. The van der Waals surface area contributed by atoms with Crippen LogP contribution in [0.2, 0.25) is 10.0 Å². The van der Waals surface area contributed by atoms with E-state index in [9.17, 15) is 4.79 Å². The topological polar surface area (TPSA) is 32.3 Å². The van der Waals surface area contributed by atoms with Crippen LogP contribution in [0.25, 0.3) is 0 Å². The molecule has 0 fully saturated rings. The van der Waals surface area contributed by atoms with Crippen LogP contribution in [-0.4, -0.2) is 24.9 Å². The minimum Gasteiger partial charge on any atom is -0.380 e. The maximum atomic E-state index is 12.0. The second-order valence-electron chi connectivity index (χ2n) is 4.88. The molecule has 0 bridgehead atoms. The van der Waals surface area contributed by atoms with Gasteiger partial charge in [-0.2, -0.15) is 0 Å². The van der Waals surface area contributed by atoms with Gasteiger partial charge in [0.1, 0.15) is 0 Å². The first-order chi connectivity index (χ1) is 9.97. The third-order valence-electron chi connectivity index (χ3n) is 2.99. The molecule has 5 heteroatoms. The third-order valence-corrected chi connectivity index (χ3v) is 3.56. The molecule has 2 rings (SSSR count). The lowest BCUT2D eigenvalue weighted by Crippen LogP contribution is -2.21. The molecule has 110 valence electrons. The van der Waals surface area contributed by atoms with Crippen LogP contribution < -0.4 is 5.32 Å². The number of amides is 1. The van der Waals surface area contributed by atoms with Crippen LogP contribution in [0.5, 0.6) is 0 Å². The summed E-state index contributed by atoms with van der Waals surface area (Å²) < 4.78 is 0. The summed E-state index contributed by atoms with van der Waals surface area (Å²) >= 11 is 12.1. The molecule has 0 aliphatic heterocycles. The van der Waals surface area contributed by atoms with E-state index in [-0.39, 0.29) is 5.91 Å². The SMILES string of the molecule is CN(C)C(=O)c1ccc(Cl)c(NCc2cccc(Cl)c2)c1. The van der Waals surface area contributed by atoms with E-state index in [1.807, 2.05) is 24.3 Å². The molecule has 3 nitrogen and oxygen atoms in total. The highest BCUT2D eigenvalue weighted by Crippen LogP contribution is 2.24. The molecule has 0 saturated carbocycles. The van der Waals surface area contributed by atoms with Gasteiger partial charge in [0, 0.05) is 31.2 Å². The average molecular weight is 323 g/mol. The van der Waals surface area contributed by atoms with E-state index in [1.54, 1.807) is 32.3 Å². The molecule has 0 heterocycles. The van der Waals surface area contributed by atoms with Crippen molar-refractivity contribution in [3.63, 3.8) is 0 Å². The fourth-order valence-corrected chi connectivity index (χ4v) is 2.29. The van der Waals surface area contributed by atoms with Gasteiger partial charge in [-0.05, 0) is 35.9 Å². The van der Waals surface area contributed by atoms with Crippen LogP contribution in [0.1, 0.15) is 15.9 Å². The number of hydrogen-bond donors (Lipinski definition) is 1. The number of nitrogens with zero attached hydrogens (tertiary/aromatic N) is 1. The predicted molar refractivity (Wildman–Crippen MR) is 88.2 cm³/mol. The van der Waals surface area contributed by atoms with Crippen LogP contribution in [0.3, 0.4) is 0 Å². The number of rotatable bonds is 4. The van der Waals surface area contributed by atoms with Crippen molar-refractivity contribution in [1.29, 1.82) is 0 Å². The molecular formula is C16H16Cl2N2O. The number of carbonyl (C=O) groups is 1. The van der Waals surface area contributed by atoms with Gasteiger partial charge in [0.2, 0.25) is 0 Å². The lowest BCUT2D eigenvalue weighted by Gasteiger charge is -2.13. The molecule has 0 atom stereocenters. The zero-order valence-electron chi connectivity index (χ0n) is 11.9. The molecule has 0 unspecified atom stereocenters. The number of hydrogen-bond acceptors (Lipinski definition) is 2. The van der Waals surface area contributed by atoms with E-state index in [0.717, 1.165) is 11.3 Å². The standard InChI is InChI=1S/C16H16Cl2N2O/c1-20(2)16(21)12-6-7-14(18)15(9-12)19-10-11-4-3-5-13(17)8-11/h3-9,19H,10H2,1-2H3. The third kappa shape index (κ3) is 4.13. The fourth-order valence-electron chi connectivity index (χ4n) is 1.90. The first-order valence-corrected chi connectivity index (χ1v) is 7.22. The first kappa shape index (κ1) is 15.7. The quantitative estimate of drug-likeness (QED) is 0.909. The van der Waals surface area contributed by atoms with Gasteiger partial charge >= 0.3 is 0 Å². The molecule has 0 spiro atoms. The minimum atomic E-state index is -0.0579. The van der Waals surface area contributed by atoms with Gasteiger partial charge in [-0.3, -0.25) is 4.79 Å². The highest BCUT2D eigenvalue weighted by molar-refractivity contribution is 6.33. The molecule has 2 aromatic carbocycles. The highest BCUT2D eigenvalue weighted by Gasteiger charge is 2.10. The summed E-state index contributed by atoms with van der Waals surface area (Å²) in [5.41, 5.74) is 2.37. The summed E-state index contributed by atoms with van der Waals surface area (Å²) in [5.74, 6) is -0.0579. The van der Waals surface area contributed by atoms with Crippen LogP contribution in [-0.2, 0) is 6.54 Å². The van der Waals surface area contributed by atoms with Gasteiger partial charge < -0.3 is 10.2 Å². The Morgan fingerprint density at radius 2 is 1.90 bits per heavy atom. The molecule has 0 saturated heterocycles. The summed E-state index contributed by atoms with van der Waals surface area (Å²) in [7, 11) is 3.44. The van der Waals surface area contributed by atoms with Gasteiger partial charge in [-0.1, -0.05) is 35.3 Å². The maximum absolute atomic E-state index is 12.0. The van der Waals surface area contributed by atoms with Crippen molar-refractivity contribution in [3.05, 3.63) is 63.6 Å². The fraction of sp³-hybridized carbons (Fsp3) is 0.188. The molecule has 1 N–H and O–H groups in total. The van der Waals surface area contributed by atoms with Crippen molar-refractivity contribution in [2.75, 3.05) is 19.4 Å². The second-order valence-corrected chi connectivity index (χ2v) is 5.72. The van der Waals surface area contributed by atoms with Gasteiger partial charge in [0.25, 0.3) is 5.91 Å². The summed E-state index contributed by atoms with van der Waals surface area (Å²) in [6.45, 7) is 0.583. The molecule has 0 radical (unpaired) electrons. The lowest BCUT2D eigenvalue weighted by molar-refractivity contribution is 0.0827. The van der Waals surface area contributed by atoms with Crippen LogP contribution in [0, 0.1) is 0 Å². The smallest absolute Gasteiger partial charge is 0.253 e. The van der Waals surface area contributed by atoms with Crippen molar-refractivity contribution in [3.8, 4) is 0 Å².